The van der Waals surface area contributed by atoms with E-state index in [1.165, 1.54) is 0 Å². The lowest BCUT2D eigenvalue weighted by Crippen LogP contribution is -2.41. The SMILES string of the molecule is CN(Cc1ccc(C(N)=NO)cc1)C(CCC(=O)O)C(C)(C)C. The van der Waals surface area contributed by atoms with Crippen LogP contribution in [-0.2, 0) is 11.3 Å². The smallest absolute Gasteiger partial charge is 0.303 e. The Morgan fingerprint density at radius 1 is 1.30 bits per heavy atom. The van der Waals surface area contributed by atoms with Crippen LogP contribution in [0.2, 0.25) is 0 Å². The van der Waals surface area contributed by atoms with E-state index in [0.29, 0.717) is 18.5 Å². The molecule has 0 aliphatic rings. The van der Waals surface area contributed by atoms with Crippen LogP contribution >= 0.6 is 0 Å². The van der Waals surface area contributed by atoms with Gasteiger partial charge in [0.1, 0.15) is 0 Å². The van der Waals surface area contributed by atoms with Crippen molar-refractivity contribution >= 4 is 11.8 Å². The van der Waals surface area contributed by atoms with Crippen LogP contribution in [0.1, 0.15) is 44.7 Å². The molecule has 6 nitrogen and oxygen atoms in total. The minimum absolute atomic E-state index is 0.0158. The minimum atomic E-state index is -0.768. The fourth-order valence-corrected chi connectivity index (χ4v) is 2.81. The standard InChI is InChI=1S/C17H27N3O3/c1-17(2,3)14(9-10-15(21)22)20(4)11-12-5-7-13(8-6-12)16(18)19-23/h5-8,14,23H,9-11H2,1-4H3,(H2,18,19)(H,21,22). The van der Waals surface area contributed by atoms with E-state index in [0.717, 1.165) is 5.56 Å². The molecule has 1 atom stereocenters. The number of amidine groups is 1. The summed E-state index contributed by atoms with van der Waals surface area (Å²) >= 11 is 0. The third-order valence-corrected chi connectivity index (χ3v) is 3.95. The Morgan fingerprint density at radius 3 is 2.30 bits per heavy atom. The lowest BCUT2D eigenvalue weighted by molar-refractivity contribution is -0.137. The molecular weight excluding hydrogens is 294 g/mol. The maximum atomic E-state index is 10.9. The van der Waals surface area contributed by atoms with Crippen molar-refractivity contribution in [2.75, 3.05) is 7.05 Å². The summed E-state index contributed by atoms with van der Waals surface area (Å²) in [6.45, 7) is 7.07. The van der Waals surface area contributed by atoms with E-state index in [9.17, 15) is 4.79 Å². The van der Waals surface area contributed by atoms with Crippen LogP contribution in [-0.4, -0.2) is 40.1 Å². The molecule has 23 heavy (non-hydrogen) atoms. The number of hydrogen-bond acceptors (Lipinski definition) is 4. The molecular formula is C17H27N3O3. The maximum Gasteiger partial charge on any atom is 0.303 e. The highest BCUT2D eigenvalue weighted by Crippen LogP contribution is 2.28. The monoisotopic (exact) mass is 321 g/mol. The molecule has 0 aliphatic carbocycles. The summed E-state index contributed by atoms with van der Waals surface area (Å²) in [4.78, 5) is 13.1. The first kappa shape index (κ1) is 19.0. The molecule has 4 N–H and O–H groups in total. The van der Waals surface area contributed by atoms with Gasteiger partial charge in [0.2, 0.25) is 0 Å². The molecule has 0 aromatic heterocycles. The second kappa shape index (κ2) is 7.97. The summed E-state index contributed by atoms with van der Waals surface area (Å²) in [7, 11) is 2.01. The van der Waals surface area contributed by atoms with Gasteiger partial charge in [-0.15, -0.1) is 0 Å². The average Bonchev–Trinajstić information content (AvgIpc) is 2.45. The van der Waals surface area contributed by atoms with E-state index in [2.05, 4.69) is 30.8 Å². The van der Waals surface area contributed by atoms with Crippen molar-refractivity contribution in [3.63, 3.8) is 0 Å². The Hall–Kier alpha value is -2.08. The normalized spacial score (nSPS) is 14.0. The molecule has 0 heterocycles. The van der Waals surface area contributed by atoms with Crippen LogP contribution in [0.15, 0.2) is 29.4 Å². The first-order valence-corrected chi connectivity index (χ1v) is 7.64. The second-order valence-corrected chi connectivity index (χ2v) is 6.91. The van der Waals surface area contributed by atoms with Gasteiger partial charge in [0.05, 0.1) is 0 Å². The molecule has 6 heteroatoms. The van der Waals surface area contributed by atoms with Gasteiger partial charge in [-0.3, -0.25) is 9.69 Å². The van der Waals surface area contributed by atoms with E-state index in [-0.39, 0.29) is 23.7 Å². The number of rotatable bonds is 7. The van der Waals surface area contributed by atoms with Crippen molar-refractivity contribution < 1.29 is 15.1 Å². The zero-order chi connectivity index (χ0) is 17.6. The molecule has 0 bridgehead atoms. The molecule has 128 valence electrons. The number of nitrogens with zero attached hydrogens (tertiary/aromatic N) is 2. The van der Waals surface area contributed by atoms with Gasteiger partial charge in [-0.25, -0.2) is 0 Å². The fraction of sp³-hybridized carbons (Fsp3) is 0.529. The van der Waals surface area contributed by atoms with Gasteiger partial charge in [-0.1, -0.05) is 50.2 Å². The highest BCUT2D eigenvalue weighted by Gasteiger charge is 2.28. The number of nitrogens with two attached hydrogens (primary N) is 1. The van der Waals surface area contributed by atoms with Gasteiger partial charge in [-0.05, 0) is 24.4 Å². The van der Waals surface area contributed by atoms with Crippen LogP contribution in [0.4, 0.5) is 0 Å². The van der Waals surface area contributed by atoms with Crippen molar-refractivity contribution in [3.8, 4) is 0 Å². The second-order valence-electron chi connectivity index (χ2n) is 6.91. The maximum absolute atomic E-state index is 10.9. The summed E-state index contributed by atoms with van der Waals surface area (Å²) in [6, 6.07) is 7.63. The van der Waals surface area contributed by atoms with E-state index < -0.39 is 5.97 Å². The highest BCUT2D eigenvalue weighted by molar-refractivity contribution is 5.96. The van der Waals surface area contributed by atoms with Crippen LogP contribution < -0.4 is 5.73 Å². The number of carbonyl (C=O) groups is 1. The largest absolute Gasteiger partial charge is 0.481 e. The number of aliphatic carboxylic acids is 1. The Bertz CT molecular complexity index is 547. The van der Waals surface area contributed by atoms with Gasteiger partial charge in [0, 0.05) is 24.6 Å². The Labute approximate surface area is 137 Å². The highest BCUT2D eigenvalue weighted by atomic mass is 16.4. The first-order chi connectivity index (χ1) is 10.6. The van der Waals surface area contributed by atoms with E-state index in [1.807, 2.05) is 31.3 Å². The summed E-state index contributed by atoms with van der Waals surface area (Å²) in [5.41, 5.74) is 7.29. The summed E-state index contributed by atoms with van der Waals surface area (Å²) in [6.07, 6.45) is 0.770. The molecule has 0 saturated heterocycles. The van der Waals surface area contributed by atoms with Crippen molar-refractivity contribution in [1.82, 2.24) is 4.90 Å². The molecule has 1 unspecified atom stereocenters. The van der Waals surface area contributed by atoms with Gasteiger partial charge in [0.25, 0.3) is 0 Å². The molecule has 1 aromatic carbocycles. The Balaban J connectivity index is 2.81. The topological polar surface area (TPSA) is 99.1 Å². The van der Waals surface area contributed by atoms with Gasteiger partial charge in [0.15, 0.2) is 5.84 Å². The van der Waals surface area contributed by atoms with Gasteiger partial charge in [-0.2, -0.15) is 0 Å². The molecule has 0 saturated carbocycles. The summed E-state index contributed by atoms with van der Waals surface area (Å²) < 4.78 is 0. The average molecular weight is 321 g/mol. The van der Waals surface area contributed by atoms with E-state index >= 15 is 0 Å². The number of carboxylic acids is 1. The van der Waals surface area contributed by atoms with E-state index in [4.69, 9.17) is 16.0 Å². The summed E-state index contributed by atoms with van der Waals surface area (Å²) in [5, 5.41) is 20.6. The minimum Gasteiger partial charge on any atom is -0.481 e. The van der Waals surface area contributed by atoms with Crippen LogP contribution in [0.5, 0.6) is 0 Å². The lowest BCUT2D eigenvalue weighted by Gasteiger charge is -2.38. The number of benzene rings is 1. The van der Waals surface area contributed by atoms with E-state index in [1.54, 1.807) is 0 Å². The number of oxime groups is 1. The van der Waals surface area contributed by atoms with Crippen molar-refractivity contribution in [1.29, 1.82) is 0 Å². The van der Waals surface area contributed by atoms with Crippen molar-refractivity contribution in [3.05, 3.63) is 35.4 Å². The molecule has 0 spiro atoms. The first-order valence-electron chi connectivity index (χ1n) is 7.64. The molecule has 1 aromatic rings. The molecule has 0 fully saturated rings. The Morgan fingerprint density at radius 2 is 1.87 bits per heavy atom. The van der Waals surface area contributed by atoms with Crippen molar-refractivity contribution in [2.45, 2.75) is 46.2 Å². The lowest BCUT2D eigenvalue weighted by atomic mass is 9.83. The van der Waals surface area contributed by atoms with Crippen molar-refractivity contribution in [2.24, 2.45) is 16.3 Å². The van der Waals surface area contributed by atoms with Crippen LogP contribution in [0.25, 0.3) is 0 Å². The fourth-order valence-electron chi connectivity index (χ4n) is 2.81. The molecule has 0 radical (unpaired) electrons. The third-order valence-electron chi connectivity index (χ3n) is 3.95. The van der Waals surface area contributed by atoms with Crippen LogP contribution in [0.3, 0.4) is 0 Å². The third kappa shape index (κ3) is 5.90. The zero-order valence-electron chi connectivity index (χ0n) is 14.3. The summed E-state index contributed by atoms with van der Waals surface area (Å²) in [5.74, 6) is -0.685. The van der Waals surface area contributed by atoms with Gasteiger partial charge >= 0.3 is 5.97 Å². The molecule has 0 aliphatic heterocycles. The van der Waals surface area contributed by atoms with Gasteiger partial charge < -0.3 is 16.0 Å². The zero-order valence-corrected chi connectivity index (χ0v) is 14.3. The van der Waals surface area contributed by atoms with Crippen LogP contribution in [0, 0.1) is 5.41 Å². The molecule has 1 rings (SSSR count). The predicted octanol–water partition coefficient (Wildman–Crippen LogP) is 2.49. The number of carboxylic acid groups (broad SMARTS) is 1. The predicted molar refractivity (Wildman–Crippen MR) is 90.5 cm³/mol. The Kier molecular flexibility index (Phi) is 6.57. The molecule has 0 amide bonds. The number of hydrogen-bond donors (Lipinski definition) is 3. The quantitative estimate of drug-likeness (QED) is 0.310.